The zero-order chi connectivity index (χ0) is 47.4. The number of amides is 3. The van der Waals surface area contributed by atoms with Gasteiger partial charge in [-0.05, 0) is 90.7 Å². The Balaban J connectivity index is 1.08. The van der Waals surface area contributed by atoms with E-state index in [4.69, 9.17) is 14.2 Å². The van der Waals surface area contributed by atoms with Crippen LogP contribution in [0, 0.1) is 35.0 Å². The first-order chi connectivity index (χ1) is 32.2. The number of ether oxygens (including phenoxy) is 3. The predicted octanol–water partition coefficient (Wildman–Crippen LogP) is 5.34. The van der Waals surface area contributed by atoms with Crippen LogP contribution >= 0.6 is 0 Å². The summed E-state index contributed by atoms with van der Waals surface area (Å²) < 4.78 is 20.3. The highest BCUT2D eigenvalue weighted by atomic mass is 16.5. The van der Waals surface area contributed by atoms with E-state index in [1.54, 1.807) is 4.90 Å². The van der Waals surface area contributed by atoms with Crippen molar-refractivity contribution in [3.05, 3.63) is 77.1 Å². The summed E-state index contributed by atoms with van der Waals surface area (Å²) in [5.41, 5.74) is 11.6. The zero-order valence-corrected chi connectivity index (χ0v) is 40.3. The van der Waals surface area contributed by atoms with E-state index in [1.807, 2.05) is 26.0 Å². The summed E-state index contributed by atoms with van der Waals surface area (Å²) in [7, 11) is 0. The molecule has 8 rings (SSSR count). The highest BCUT2D eigenvalue weighted by Crippen LogP contribution is 2.40. The van der Waals surface area contributed by atoms with Gasteiger partial charge in [-0.1, -0.05) is 84.0 Å². The largest absolute Gasteiger partial charge is 0.464 e. The molecule has 3 saturated heterocycles. The Hall–Kier alpha value is -5.46. The molecule has 2 aromatic carbocycles. The van der Waals surface area contributed by atoms with Gasteiger partial charge in [-0.25, -0.2) is 5.43 Å². The number of carbonyl (C=O) groups excluding carboxylic acids is 4. The maximum absolute atomic E-state index is 14.6. The van der Waals surface area contributed by atoms with E-state index in [0.29, 0.717) is 45.5 Å². The molecule has 0 saturated carbocycles. The summed E-state index contributed by atoms with van der Waals surface area (Å²) in [6, 6.07) is 13.2. The molecule has 4 atom stereocenters. The third-order valence-electron chi connectivity index (χ3n) is 13.6. The van der Waals surface area contributed by atoms with E-state index in [2.05, 4.69) is 115 Å². The number of hydrogen-bond acceptors (Lipinski definition) is 10. The van der Waals surface area contributed by atoms with Crippen molar-refractivity contribution in [2.45, 2.75) is 112 Å². The minimum absolute atomic E-state index is 0.109. The minimum atomic E-state index is -0.946. The van der Waals surface area contributed by atoms with Gasteiger partial charge in [-0.2, -0.15) is 0 Å². The molecule has 3 fully saturated rings. The topological polar surface area (TPSA) is 155 Å². The predicted molar refractivity (Wildman–Crippen MR) is 259 cm³/mol. The van der Waals surface area contributed by atoms with Crippen LogP contribution in [0.15, 0.2) is 60.3 Å². The maximum Gasteiger partial charge on any atom is 0.324 e. The zero-order valence-electron chi connectivity index (χ0n) is 40.3. The number of fused-ring (bicyclic) bond motifs is 6. The Morgan fingerprint density at radius 3 is 2.60 bits per heavy atom. The molecule has 0 spiro atoms. The van der Waals surface area contributed by atoms with E-state index in [0.717, 1.165) is 53.6 Å². The van der Waals surface area contributed by atoms with Crippen molar-refractivity contribution in [2.24, 2.45) is 23.2 Å². The number of cyclic esters (lactones) is 1. The number of nitrogens with one attached hydrogen (secondary N) is 4. The number of benzene rings is 2. The van der Waals surface area contributed by atoms with Gasteiger partial charge in [0.2, 0.25) is 5.91 Å². The standard InChI is InChI=1S/C53H69N7O7/c1-8-59-45-18-17-37-27-40(45)41(49(59)39-15-10-21-55-48(39)34(4)5)28-53(6,7)32-67-52(64)43-16-11-23-60(57-43)51(63)44(26-35-13-9-14-36(37)25-35)56-50(62)42(33(2)3)31-66-38-29-58(30-38)47(61)20-19-46-54-22-12-24-65-46/h9-10,13-15,17-18,25,27,33-34,38,42-44,46,54-55,57H,8,11-12,16,21-24,26,28-32H2,1-7H3,(H,56,62)/t42?,43-,44?,46?/m0/s1. The number of likely N-dealkylation sites (tertiary alicyclic amines) is 1. The van der Waals surface area contributed by atoms with Crippen molar-refractivity contribution in [3.8, 4) is 23.0 Å². The second-order valence-corrected chi connectivity index (χ2v) is 20.1. The lowest BCUT2D eigenvalue weighted by Gasteiger charge is -2.38. The molecule has 3 aromatic rings. The fourth-order valence-electron chi connectivity index (χ4n) is 9.85. The number of hydrogen-bond donors (Lipinski definition) is 4. The van der Waals surface area contributed by atoms with Crippen LogP contribution in [0.3, 0.4) is 0 Å². The minimum Gasteiger partial charge on any atom is -0.464 e. The molecule has 4 N–H and O–H groups in total. The summed E-state index contributed by atoms with van der Waals surface area (Å²) in [6.45, 7) is 19.3. The Morgan fingerprint density at radius 1 is 1.04 bits per heavy atom. The van der Waals surface area contributed by atoms with Crippen molar-refractivity contribution in [3.63, 3.8) is 0 Å². The molecule has 3 amide bonds. The first-order valence-electron chi connectivity index (χ1n) is 24.4. The van der Waals surface area contributed by atoms with Crippen LogP contribution < -0.4 is 21.4 Å². The van der Waals surface area contributed by atoms with Crippen LogP contribution in [0.25, 0.3) is 27.6 Å². The molecule has 358 valence electrons. The average Bonchev–Trinajstić information content (AvgIpc) is 3.61. The Labute approximate surface area is 395 Å². The smallest absolute Gasteiger partial charge is 0.324 e. The van der Waals surface area contributed by atoms with E-state index >= 15 is 0 Å². The number of esters is 1. The molecular weight excluding hydrogens is 847 g/mol. The van der Waals surface area contributed by atoms with Crippen molar-refractivity contribution >= 4 is 40.2 Å². The molecular formula is C53H69N7O7. The van der Waals surface area contributed by atoms with Crippen LogP contribution in [-0.2, 0) is 52.8 Å². The lowest BCUT2D eigenvalue weighted by molar-refractivity contribution is -0.155. The third kappa shape index (κ3) is 11.0. The molecule has 5 aliphatic heterocycles. The van der Waals surface area contributed by atoms with Gasteiger partial charge in [0.25, 0.3) is 11.8 Å². The first-order valence-corrected chi connectivity index (χ1v) is 24.4. The number of rotatable bonds is 9. The Morgan fingerprint density at radius 2 is 1.85 bits per heavy atom. The van der Waals surface area contributed by atoms with Crippen molar-refractivity contribution in [1.29, 1.82) is 0 Å². The molecule has 5 aliphatic rings. The number of dihydropyridines is 1. The van der Waals surface area contributed by atoms with Crippen LogP contribution in [0.2, 0.25) is 0 Å². The van der Waals surface area contributed by atoms with E-state index in [9.17, 15) is 19.2 Å². The van der Waals surface area contributed by atoms with E-state index in [-0.39, 0.29) is 55.3 Å². The van der Waals surface area contributed by atoms with Gasteiger partial charge in [0.1, 0.15) is 12.1 Å². The highest BCUT2D eigenvalue weighted by molar-refractivity contribution is 5.96. The van der Waals surface area contributed by atoms with Crippen molar-refractivity contribution < 1.29 is 33.4 Å². The molecule has 1 aromatic heterocycles. The molecule has 0 aliphatic carbocycles. The summed E-state index contributed by atoms with van der Waals surface area (Å²) in [5.74, 6) is 3.83. The van der Waals surface area contributed by atoms with Gasteiger partial charge in [0.15, 0.2) is 6.23 Å². The fourth-order valence-corrected chi connectivity index (χ4v) is 9.85. The van der Waals surface area contributed by atoms with Gasteiger partial charge in [0.05, 0.1) is 37.5 Å². The monoisotopic (exact) mass is 916 g/mol. The van der Waals surface area contributed by atoms with E-state index in [1.165, 1.54) is 27.5 Å². The van der Waals surface area contributed by atoms with Crippen LogP contribution in [0.1, 0.15) is 84.5 Å². The lowest BCUT2D eigenvalue weighted by atomic mass is 9.83. The fraction of sp³-hybridized carbons (Fsp3) is 0.547. The van der Waals surface area contributed by atoms with Gasteiger partial charge >= 0.3 is 5.97 Å². The van der Waals surface area contributed by atoms with E-state index < -0.39 is 35.6 Å². The van der Waals surface area contributed by atoms with Gasteiger partial charge < -0.3 is 34.3 Å². The Bertz CT molecular complexity index is 2460. The average molecular weight is 916 g/mol. The summed E-state index contributed by atoms with van der Waals surface area (Å²) in [6.07, 6.45) is 6.68. The number of nitrogens with zero attached hydrogens (tertiary/aromatic N) is 3. The lowest BCUT2D eigenvalue weighted by Crippen LogP contribution is -2.61. The van der Waals surface area contributed by atoms with Gasteiger partial charge in [-0.15, -0.1) is 0 Å². The maximum atomic E-state index is 14.6. The second-order valence-electron chi connectivity index (χ2n) is 20.1. The molecule has 3 unspecified atom stereocenters. The number of allylic oxidation sites excluding steroid dienone is 3. The molecule has 67 heavy (non-hydrogen) atoms. The van der Waals surface area contributed by atoms with Crippen molar-refractivity contribution in [1.82, 2.24) is 35.9 Å². The van der Waals surface area contributed by atoms with Gasteiger partial charge in [-0.3, -0.25) is 29.5 Å². The second kappa shape index (κ2) is 20.8. The summed E-state index contributed by atoms with van der Waals surface area (Å²) in [5, 5.41) is 12.6. The summed E-state index contributed by atoms with van der Waals surface area (Å²) >= 11 is 0. The van der Waals surface area contributed by atoms with Crippen LogP contribution in [0.4, 0.5) is 0 Å². The molecule has 14 nitrogen and oxygen atoms in total. The molecule has 0 radical (unpaired) electrons. The SMILES string of the molecule is CCn1c(C2=C(C(C)C)NCC=C2)c2c3cc(ccc31)-c1cccc(c1)CC(NC(=O)C(COC1CN(C(=O)C#CC3NCCCO3)C1)C(C)C)C(=O)N1CCC[C@H](N1)C(=O)OCC(C)(C)C2. The van der Waals surface area contributed by atoms with Crippen LogP contribution in [-0.4, -0.2) is 115 Å². The van der Waals surface area contributed by atoms with Crippen LogP contribution in [0.5, 0.6) is 0 Å². The first kappa shape index (κ1) is 48.0. The third-order valence-corrected chi connectivity index (χ3v) is 13.6. The molecule has 14 heteroatoms. The normalized spacial score (nSPS) is 23.0. The summed E-state index contributed by atoms with van der Waals surface area (Å²) in [4.78, 5) is 57.2. The molecule has 6 heterocycles. The number of aromatic nitrogens is 1. The number of aryl methyl sites for hydroxylation is 1. The quantitative estimate of drug-likeness (QED) is 0.163. The van der Waals surface area contributed by atoms with Crippen molar-refractivity contribution in [2.75, 3.05) is 52.5 Å². The Kier molecular flexibility index (Phi) is 14.9. The molecule has 6 bridgehead atoms. The highest BCUT2D eigenvalue weighted by Gasteiger charge is 2.38. The number of hydrazine groups is 1. The number of carbonyl (C=O) groups is 4. The van der Waals surface area contributed by atoms with Gasteiger partial charge in [0, 0.05) is 73.3 Å².